The molecule has 1 fully saturated rings. The molecule has 74 valence electrons. The van der Waals surface area contributed by atoms with Gasteiger partial charge in [-0.15, -0.1) is 0 Å². The second-order valence-corrected chi connectivity index (χ2v) is 4.16. The molecule has 0 spiro atoms. The standard InChI is InChI=1S/C11H19NO/c13-11-7-3-2-6-10(11)12-8-4-1-5-9-12/h3,7,10-11,13H,1-2,4-6,8-9H2/t10-,11-/m1/s1. The highest BCUT2D eigenvalue weighted by Crippen LogP contribution is 2.21. The molecule has 2 heteroatoms. The lowest BCUT2D eigenvalue weighted by Crippen LogP contribution is -2.46. The molecular weight excluding hydrogens is 162 g/mol. The third-order valence-electron chi connectivity index (χ3n) is 3.22. The maximum Gasteiger partial charge on any atom is 0.0876 e. The largest absolute Gasteiger partial charge is 0.387 e. The van der Waals surface area contributed by atoms with E-state index in [1.165, 1.54) is 32.4 Å². The Morgan fingerprint density at radius 1 is 1.15 bits per heavy atom. The van der Waals surface area contributed by atoms with E-state index in [0.717, 1.165) is 12.8 Å². The lowest BCUT2D eigenvalue weighted by atomic mass is 9.95. The molecule has 0 aromatic heterocycles. The van der Waals surface area contributed by atoms with Gasteiger partial charge in [0, 0.05) is 6.04 Å². The fourth-order valence-corrected chi connectivity index (χ4v) is 2.45. The van der Waals surface area contributed by atoms with Crippen molar-refractivity contribution >= 4 is 0 Å². The van der Waals surface area contributed by atoms with Crippen molar-refractivity contribution in [3.63, 3.8) is 0 Å². The van der Waals surface area contributed by atoms with Crippen molar-refractivity contribution in [3.05, 3.63) is 12.2 Å². The molecule has 13 heavy (non-hydrogen) atoms. The summed E-state index contributed by atoms with van der Waals surface area (Å²) in [7, 11) is 0. The van der Waals surface area contributed by atoms with Gasteiger partial charge in [-0.3, -0.25) is 4.90 Å². The number of likely N-dealkylation sites (tertiary alicyclic amines) is 1. The van der Waals surface area contributed by atoms with Crippen LogP contribution in [0.15, 0.2) is 12.2 Å². The molecule has 2 nitrogen and oxygen atoms in total. The van der Waals surface area contributed by atoms with Crippen LogP contribution in [0, 0.1) is 0 Å². The molecule has 2 aliphatic rings. The van der Waals surface area contributed by atoms with E-state index in [1.807, 2.05) is 6.08 Å². The van der Waals surface area contributed by atoms with Crippen LogP contribution in [0.3, 0.4) is 0 Å². The lowest BCUT2D eigenvalue weighted by molar-refractivity contribution is 0.0558. The molecular formula is C11H19NO. The average molecular weight is 181 g/mol. The molecule has 0 aromatic rings. The van der Waals surface area contributed by atoms with Gasteiger partial charge in [0.25, 0.3) is 0 Å². The smallest absolute Gasteiger partial charge is 0.0876 e. The Balaban J connectivity index is 1.94. The SMILES string of the molecule is O[C@@H]1C=CCC[C@H]1N1CCCCC1. The Morgan fingerprint density at radius 3 is 2.62 bits per heavy atom. The van der Waals surface area contributed by atoms with Crippen LogP contribution in [0.25, 0.3) is 0 Å². The summed E-state index contributed by atoms with van der Waals surface area (Å²) in [5, 5.41) is 9.79. The fourth-order valence-electron chi connectivity index (χ4n) is 2.45. The van der Waals surface area contributed by atoms with Crippen LogP contribution in [0.2, 0.25) is 0 Å². The molecule has 1 N–H and O–H groups in total. The predicted octanol–water partition coefficient (Wildman–Crippen LogP) is 1.55. The van der Waals surface area contributed by atoms with Crippen LogP contribution >= 0.6 is 0 Å². The lowest BCUT2D eigenvalue weighted by Gasteiger charge is -2.37. The average Bonchev–Trinajstić information content (AvgIpc) is 2.20. The minimum absolute atomic E-state index is 0.216. The van der Waals surface area contributed by atoms with Gasteiger partial charge < -0.3 is 5.11 Å². The highest BCUT2D eigenvalue weighted by molar-refractivity contribution is 5.01. The van der Waals surface area contributed by atoms with Crippen molar-refractivity contribution in [2.75, 3.05) is 13.1 Å². The first-order chi connectivity index (χ1) is 6.38. The predicted molar refractivity (Wildman–Crippen MR) is 53.6 cm³/mol. The molecule has 0 saturated carbocycles. The summed E-state index contributed by atoms with van der Waals surface area (Å²) < 4.78 is 0. The van der Waals surface area contributed by atoms with Crippen LogP contribution in [0.1, 0.15) is 32.1 Å². The maximum atomic E-state index is 9.79. The summed E-state index contributed by atoms with van der Waals surface area (Å²) in [5.74, 6) is 0. The van der Waals surface area contributed by atoms with Crippen LogP contribution < -0.4 is 0 Å². The number of allylic oxidation sites excluding steroid dienone is 1. The third-order valence-corrected chi connectivity index (χ3v) is 3.22. The van der Waals surface area contributed by atoms with E-state index in [1.54, 1.807) is 0 Å². The molecule has 0 unspecified atom stereocenters. The highest BCUT2D eigenvalue weighted by Gasteiger charge is 2.26. The van der Waals surface area contributed by atoms with Crippen molar-refractivity contribution in [3.8, 4) is 0 Å². The van der Waals surface area contributed by atoms with Crippen molar-refractivity contribution in [2.24, 2.45) is 0 Å². The normalized spacial score (nSPS) is 36.4. The van der Waals surface area contributed by atoms with E-state index in [0.29, 0.717) is 6.04 Å². The molecule has 0 amide bonds. The van der Waals surface area contributed by atoms with Gasteiger partial charge >= 0.3 is 0 Å². The Bertz CT molecular complexity index is 185. The first kappa shape index (κ1) is 9.22. The number of hydrogen-bond donors (Lipinski definition) is 1. The Hall–Kier alpha value is -0.340. The zero-order valence-corrected chi connectivity index (χ0v) is 8.15. The van der Waals surface area contributed by atoms with Crippen LogP contribution in [-0.2, 0) is 0 Å². The van der Waals surface area contributed by atoms with Gasteiger partial charge in [0.15, 0.2) is 0 Å². The van der Waals surface area contributed by atoms with Gasteiger partial charge in [-0.05, 0) is 38.8 Å². The molecule has 0 bridgehead atoms. The second kappa shape index (κ2) is 4.25. The van der Waals surface area contributed by atoms with Crippen molar-refractivity contribution in [1.82, 2.24) is 4.90 Å². The Kier molecular flexibility index (Phi) is 3.01. The van der Waals surface area contributed by atoms with Gasteiger partial charge in [0.1, 0.15) is 0 Å². The van der Waals surface area contributed by atoms with Crippen LogP contribution in [-0.4, -0.2) is 35.2 Å². The van der Waals surface area contributed by atoms with E-state index >= 15 is 0 Å². The topological polar surface area (TPSA) is 23.5 Å². The molecule has 1 aliphatic heterocycles. The number of piperidine rings is 1. The first-order valence-electron chi connectivity index (χ1n) is 5.47. The quantitative estimate of drug-likeness (QED) is 0.620. The first-order valence-corrected chi connectivity index (χ1v) is 5.47. The zero-order chi connectivity index (χ0) is 9.10. The van der Waals surface area contributed by atoms with Crippen LogP contribution in [0.5, 0.6) is 0 Å². The molecule has 0 radical (unpaired) electrons. The maximum absolute atomic E-state index is 9.79. The van der Waals surface area contributed by atoms with Gasteiger partial charge in [-0.1, -0.05) is 18.6 Å². The summed E-state index contributed by atoms with van der Waals surface area (Å²) in [5.41, 5.74) is 0. The Morgan fingerprint density at radius 2 is 1.92 bits per heavy atom. The van der Waals surface area contributed by atoms with Gasteiger partial charge in [0.05, 0.1) is 6.10 Å². The van der Waals surface area contributed by atoms with Gasteiger partial charge in [0.2, 0.25) is 0 Å². The van der Waals surface area contributed by atoms with Crippen molar-refractivity contribution in [1.29, 1.82) is 0 Å². The summed E-state index contributed by atoms with van der Waals surface area (Å²) >= 11 is 0. The second-order valence-electron chi connectivity index (χ2n) is 4.16. The van der Waals surface area contributed by atoms with Crippen LogP contribution in [0.4, 0.5) is 0 Å². The summed E-state index contributed by atoms with van der Waals surface area (Å²) in [6, 6.07) is 0.408. The highest BCUT2D eigenvalue weighted by atomic mass is 16.3. The molecule has 1 saturated heterocycles. The van der Waals surface area contributed by atoms with Gasteiger partial charge in [-0.25, -0.2) is 0 Å². The van der Waals surface area contributed by atoms with E-state index in [-0.39, 0.29) is 6.10 Å². The molecule has 2 atom stereocenters. The number of aliphatic hydroxyl groups excluding tert-OH is 1. The fraction of sp³-hybridized carbons (Fsp3) is 0.818. The summed E-state index contributed by atoms with van der Waals surface area (Å²) in [6.07, 6.45) is 10.1. The third kappa shape index (κ3) is 2.12. The van der Waals surface area contributed by atoms with E-state index in [9.17, 15) is 5.11 Å². The monoisotopic (exact) mass is 181 g/mol. The minimum atomic E-state index is -0.216. The van der Waals surface area contributed by atoms with Crippen molar-refractivity contribution in [2.45, 2.75) is 44.2 Å². The number of nitrogens with zero attached hydrogens (tertiary/aromatic N) is 1. The van der Waals surface area contributed by atoms with Gasteiger partial charge in [-0.2, -0.15) is 0 Å². The molecule has 1 heterocycles. The Labute approximate surface area is 80.2 Å². The molecule has 2 rings (SSSR count). The van der Waals surface area contributed by atoms with E-state index in [4.69, 9.17) is 0 Å². The number of hydrogen-bond acceptors (Lipinski definition) is 2. The number of rotatable bonds is 1. The summed E-state index contributed by atoms with van der Waals surface area (Å²) in [6.45, 7) is 2.38. The zero-order valence-electron chi connectivity index (χ0n) is 8.15. The van der Waals surface area contributed by atoms with E-state index in [2.05, 4.69) is 11.0 Å². The number of aliphatic hydroxyl groups is 1. The van der Waals surface area contributed by atoms with E-state index < -0.39 is 0 Å². The minimum Gasteiger partial charge on any atom is -0.387 e. The van der Waals surface area contributed by atoms with Crippen molar-refractivity contribution < 1.29 is 5.11 Å². The molecule has 1 aliphatic carbocycles. The summed E-state index contributed by atoms with van der Waals surface area (Å²) in [4.78, 5) is 2.47. The molecule has 0 aromatic carbocycles.